The molecule has 0 radical (unpaired) electrons. The lowest BCUT2D eigenvalue weighted by Gasteiger charge is -2.39. The quantitative estimate of drug-likeness (QED) is 0.712. The number of imide groups is 1. The summed E-state index contributed by atoms with van der Waals surface area (Å²) in [4.78, 5) is 30.7. The van der Waals surface area contributed by atoms with E-state index in [9.17, 15) is 9.59 Å². The maximum atomic E-state index is 12.2. The van der Waals surface area contributed by atoms with Gasteiger partial charge in [-0.1, -0.05) is 13.8 Å². The summed E-state index contributed by atoms with van der Waals surface area (Å²) < 4.78 is 0. The lowest BCUT2D eigenvalue weighted by molar-refractivity contribution is -0.135. The van der Waals surface area contributed by atoms with Gasteiger partial charge in [0.05, 0.1) is 0 Å². The number of carbonyl (C=O) groups is 2. The molecule has 0 aromatic rings. The van der Waals surface area contributed by atoms with Crippen LogP contribution < -0.4 is 0 Å². The minimum atomic E-state index is -0.647. The number of aliphatic imine (C=N–C) groups is 1. The van der Waals surface area contributed by atoms with Crippen molar-refractivity contribution < 1.29 is 9.59 Å². The van der Waals surface area contributed by atoms with E-state index in [1.165, 1.54) is 7.05 Å². The van der Waals surface area contributed by atoms with Crippen molar-refractivity contribution in [3.05, 3.63) is 0 Å². The average Bonchev–Trinajstić information content (AvgIpc) is 2.26. The molecule has 5 heteroatoms. The van der Waals surface area contributed by atoms with Crippen molar-refractivity contribution in [2.24, 2.45) is 10.4 Å². The minimum Gasteiger partial charge on any atom is -0.365 e. The first-order valence-corrected chi connectivity index (χ1v) is 5.49. The monoisotopic (exact) mass is 225 g/mol. The second-order valence-corrected chi connectivity index (χ2v) is 4.27. The molecule has 0 aliphatic carbocycles. The molecule has 0 fully saturated rings. The number of hydrogen-bond acceptors (Lipinski definition) is 3. The number of urea groups is 1. The first kappa shape index (κ1) is 12.7. The standard InChI is InChI=1S/C11H19N3O2/c1-6-11(7-2)8(13(3)4)12-10(16)14(5)9(11)15/h6-7H2,1-5H3. The molecule has 90 valence electrons. The van der Waals surface area contributed by atoms with E-state index in [0.29, 0.717) is 18.7 Å². The van der Waals surface area contributed by atoms with Gasteiger partial charge in [0.15, 0.2) is 0 Å². The summed E-state index contributed by atoms with van der Waals surface area (Å²) in [5.41, 5.74) is -0.647. The third-order valence-electron chi connectivity index (χ3n) is 3.26. The Labute approximate surface area is 96.1 Å². The Morgan fingerprint density at radius 3 is 2.12 bits per heavy atom. The van der Waals surface area contributed by atoms with Gasteiger partial charge in [-0.2, -0.15) is 4.99 Å². The zero-order valence-electron chi connectivity index (χ0n) is 10.6. The van der Waals surface area contributed by atoms with Crippen LogP contribution in [0.15, 0.2) is 4.99 Å². The molecule has 1 heterocycles. The number of amides is 3. The van der Waals surface area contributed by atoms with Gasteiger partial charge in [0, 0.05) is 21.1 Å². The Kier molecular flexibility index (Phi) is 3.35. The first-order chi connectivity index (χ1) is 7.40. The molecule has 0 bridgehead atoms. The maximum Gasteiger partial charge on any atom is 0.351 e. The Morgan fingerprint density at radius 1 is 1.25 bits per heavy atom. The molecule has 1 aliphatic heterocycles. The number of amidine groups is 1. The number of hydrogen-bond donors (Lipinski definition) is 0. The summed E-state index contributed by atoms with van der Waals surface area (Å²) in [6.07, 6.45) is 1.30. The predicted molar refractivity (Wildman–Crippen MR) is 62.3 cm³/mol. The molecule has 0 atom stereocenters. The molecule has 1 aliphatic rings. The molecule has 0 aromatic carbocycles. The second-order valence-electron chi connectivity index (χ2n) is 4.27. The van der Waals surface area contributed by atoms with Gasteiger partial charge in [0.25, 0.3) is 0 Å². The molecule has 5 nitrogen and oxygen atoms in total. The molecular formula is C11H19N3O2. The molecule has 0 unspecified atom stereocenters. The fraction of sp³-hybridized carbons (Fsp3) is 0.727. The van der Waals surface area contributed by atoms with Crippen LogP contribution >= 0.6 is 0 Å². The Hall–Kier alpha value is -1.39. The van der Waals surface area contributed by atoms with Crippen LogP contribution in [-0.2, 0) is 4.79 Å². The highest BCUT2D eigenvalue weighted by molar-refractivity contribution is 6.18. The van der Waals surface area contributed by atoms with Crippen LogP contribution in [0.4, 0.5) is 4.79 Å². The average molecular weight is 225 g/mol. The third-order valence-corrected chi connectivity index (χ3v) is 3.26. The van der Waals surface area contributed by atoms with E-state index in [4.69, 9.17) is 0 Å². The van der Waals surface area contributed by atoms with Crippen molar-refractivity contribution >= 4 is 17.8 Å². The SMILES string of the molecule is CCC1(CC)C(=O)N(C)C(=O)N=C1N(C)C. The Bertz CT molecular complexity index is 343. The highest BCUT2D eigenvalue weighted by Crippen LogP contribution is 2.34. The normalized spacial score (nSPS) is 19.8. The topological polar surface area (TPSA) is 53.0 Å². The largest absolute Gasteiger partial charge is 0.365 e. The van der Waals surface area contributed by atoms with Crippen LogP contribution in [-0.4, -0.2) is 48.7 Å². The van der Waals surface area contributed by atoms with Crippen molar-refractivity contribution in [3.63, 3.8) is 0 Å². The van der Waals surface area contributed by atoms with Crippen LogP contribution in [0.5, 0.6) is 0 Å². The summed E-state index contributed by atoms with van der Waals surface area (Å²) in [6, 6.07) is -0.480. The van der Waals surface area contributed by atoms with Crippen molar-refractivity contribution in [1.29, 1.82) is 0 Å². The first-order valence-electron chi connectivity index (χ1n) is 5.49. The Balaban J connectivity index is 3.35. The highest BCUT2D eigenvalue weighted by Gasteiger charge is 2.48. The molecular weight excluding hydrogens is 206 g/mol. The molecule has 16 heavy (non-hydrogen) atoms. The van der Waals surface area contributed by atoms with Gasteiger partial charge in [0.2, 0.25) is 5.91 Å². The fourth-order valence-corrected chi connectivity index (χ4v) is 2.17. The summed E-state index contributed by atoms with van der Waals surface area (Å²) in [6.45, 7) is 3.90. The van der Waals surface area contributed by atoms with Crippen molar-refractivity contribution in [2.45, 2.75) is 26.7 Å². The van der Waals surface area contributed by atoms with Crippen LogP contribution in [0.2, 0.25) is 0 Å². The van der Waals surface area contributed by atoms with E-state index >= 15 is 0 Å². The van der Waals surface area contributed by atoms with E-state index < -0.39 is 11.4 Å². The lowest BCUT2D eigenvalue weighted by atomic mass is 9.78. The number of rotatable bonds is 2. The van der Waals surface area contributed by atoms with Crippen LogP contribution in [0, 0.1) is 5.41 Å². The van der Waals surface area contributed by atoms with Gasteiger partial charge in [-0.15, -0.1) is 0 Å². The minimum absolute atomic E-state index is 0.152. The molecule has 1 rings (SSSR count). The second kappa shape index (κ2) is 4.23. The zero-order valence-corrected chi connectivity index (χ0v) is 10.6. The van der Waals surface area contributed by atoms with Gasteiger partial charge >= 0.3 is 6.03 Å². The van der Waals surface area contributed by atoms with E-state index in [1.54, 1.807) is 4.90 Å². The Morgan fingerprint density at radius 2 is 1.75 bits per heavy atom. The van der Waals surface area contributed by atoms with Crippen molar-refractivity contribution in [2.75, 3.05) is 21.1 Å². The van der Waals surface area contributed by atoms with Crippen LogP contribution in [0.25, 0.3) is 0 Å². The van der Waals surface area contributed by atoms with Gasteiger partial charge in [-0.3, -0.25) is 9.69 Å². The van der Waals surface area contributed by atoms with E-state index in [-0.39, 0.29) is 5.91 Å². The highest BCUT2D eigenvalue weighted by atomic mass is 16.2. The van der Waals surface area contributed by atoms with Crippen molar-refractivity contribution in [1.82, 2.24) is 9.80 Å². The molecule has 0 saturated carbocycles. The van der Waals surface area contributed by atoms with Crippen molar-refractivity contribution in [3.8, 4) is 0 Å². The maximum absolute atomic E-state index is 12.2. The van der Waals surface area contributed by atoms with E-state index in [0.717, 1.165) is 4.90 Å². The molecule has 3 amide bonds. The smallest absolute Gasteiger partial charge is 0.351 e. The molecule has 0 N–H and O–H groups in total. The van der Waals surface area contributed by atoms with Crippen LogP contribution in [0.3, 0.4) is 0 Å². The van der Waals surface area contributed by atoms with Gasteiger partial charge in [-0.05, 0) is 12.8 Å². The molecule has 0 saturated heterocycles. The zero-order chi connectivity index (χ0) is 12.5. The number of carbonyl (C=O) groups excluding carboxylic acids is 2. The van der Waals surface area contributed by atoms with Crippen LogP contribution in [0.1, 0.15) is 26.7 Å². The molecule has 0 aromatic heterocycles. The van der Waals surface area contributed by atoms with Gasteiger partial charge in [0.1, 0.15) is 11.3 Å². The summed E-state index contributed by atoms with van der Waals surface area (Å²) in [7, 11) is 5.11. The number of nitrogens with zero attached hydrogens (tertiary/aromatic N) is 3. The van der Waals surface area contributed by atoms with Gasteiger partial charge in [-0.25, -0.2) is 4.79 Å². The summed E-state index contributed by atoms with van der Waals surface area (Å²) in [5.74, 6) is 0.423. The summed E-state index contributed by atoms with van der Waals surface area (Å²) in [5, 5.41) is 0. The van der Waals surface area contributed by atoms with E-state index in [2.05, 4.69) is 4.99 Å². The van der Waals surface area contributed by atoms with E-state index in [1.807, 2.05) is 27.9 Å². The third kappa shape index (κ3) is 1.60. The predicted octanol–water partition coefficient (Wildman–Crippen LogP) is 1.34. The molecule has 0 spiro atoms. The summed E-state index contributed by atoms with van der Waals surface area (Å²) >= 11 is 0. The van der Waals surface area contributed by atoms with Gasteiger partial charge < -0.3 is 4.90 Å². The lowest BCUT2D eigenvalue weighted by Crippen LogP contribution is -2.56. The fourth-order valence-electron chi connectivity index (χ4n) is 2.17.